The minimum absolute atomic E-state index is 0.0570. The van der Waals surface area contributed by atoms with Gasteiger partial charge in [0, 0.05) is 23.2 Å². The first-order valence-electron chi connectivity index (χ1n) is 9.66. The molecule has 0 saturated heterocycles. The maximum atomic E-state index is 12.6. The van der Waals surface area contributed by atoms with E-state index in [1.807, 2.05) is 67.8 Å². The van der Waals surface area contributed by atoms with E-state index in [-0.39, 0.29) is 5.91 Å². The highest BCUT2D eigenvalue weighted by Gasteiger charge is 2.15. The van der Waals surface area contributed by atoms with E-state index in [2.05, 4.69) is 10.4 Å². The fourth-order valence-electron chi connectivity index (χ4n) is 3.71. The Kier molecular flexibility index (Phi) is 4.92. The third kappa shape index (κ3) is 3.53. The van der Waals surface area contributed by atoms with E-state index in [9.17, 15) is 4.79 Å². The number of methoxy groups -OCH3 is 1. The van der Waals surface area contributed by atoms with E-state index in [0.717, 1.165) is 39.1 Å². The highest BCUT2D eigenvalue weighted by molar-refractivity contribution is 5.93. The quantitative estimate of drug-likeness (QED) is 0.551. The number of fused-ring (bicyclic) bond motifs is 3. The number of carbonyl (C=O) groups is 1. The first-order valence-corrected chi connectivity index (χ1v) is 9.66. The number of anilines is 1. The fourth-order valence-corrected chi connectivity index (χ4v) is 3.71. The molecule has 2 heterocycles. The maximum absolute atomic E-state index is 12.6. The lowest BCUT2D eigenvalue weighted by molar-refractivity contribution is -0.116. The summed E-state index contributed by atoms with van der Waals surface area (Å²) in [6.07, 6.45) is 0.948. The van der Waals surface area contributed by atoms with Gasteiger partial charge in [-0.3, -0.25) is 4.79 Å². The Morgan fingerprint density at radius 1 is 1.14 bits per heavy atom. The van der Waals surface area contributed by atoms with Gasteiger partial charge >= 0.3 is 0 Å². The molecule has 0 aliphatic rings. The molecule has 4 aromatic rings. The molecule has 148 valence electrons. The molecule has 0 atom stereocenters. The molecule has 0 spiro atoms. The minimum atomic E-state index is -0.0570. The third-order valence-corrected chi connectivity index (χ3v) is 5.25. The molecular weight excluding hydrogens is 364 g/mol. The van der Waals surface area contributed by atoms with Gasteiger partial charge in [-0.1, -0.05) is 18.2 Å². The van der Waals surface area contributed by atoms with Crippen LogP contribution in [0, 0.1) is 20.8 Å². The number of nitrogens with one attached hydrogen (secondary N) is 1. The molecule has 0 bridgehead atoms. The van der Waals surface area contributed by atoms with Crippen LogP contribution < -0.4 is 10.1 Å². The lowest BCUT2D eigenvalue weighted by Gasteiger charge is -2.13. The summed E-state index contributed by atoms with van der Waals surface area (Å²) in [5.41, 5.74) is 6.53. The van der Waals surface area contributed by atoms with Crippen molar-refractivity contribution in [2.24, 2.45) is 0 Å². The van der Waals surface area contributed by atoms with Crippen molar-refractivity contribution in [3.05, 3.63) is 65.0 Å². The molecule has 2 aromatic carbocycles. The highest BCUT2D eigenvalue weighted by Crippen LogP contribution is 2.26. The number of ether oxygens (including phenoxy) is 1. The fraction of sp³-hybridized carbons (Fsp3) is 0.261. The number of benzene rings is 2. The standard InChI is InChI=1S/C23H24N4O2/c1-14-9-11-21(29-4)20(13-14)25-22(28)12-10-17-15(2)24-23-18-7-5-6-8-19(18)26-27(23)16(17)3/h5-9,11,13H,10,12H2,1-4H3,(H,25,28). The van der Waals surface area contributed by atoms with Crippen molar-refractivity contribution in [1.82, 2.24) is 14.6 Å². The number of carbonyl (C=O) groups excluding carboxylic acids is 1. The number of hydrogen-bond acceptors (Lipinski definition) is 4. The summed E-state index contributed by atoms with van der Waals surface area (Å²) in [5.74, 6) is 0.598. The van der Waals surface area contributed by atoms with Gasteiger partial charge in [0.15, 0.2) is 5.65 Å². The van der Waals surface area contributed by atoms with Crippen LogP contribution in [0.3, 0.4) is 0 Å². The van der Waals surface area contributed by atoms with Gasteiger partial charge in [0.25, 0.3) is 0 Å². The van der Waals surface area contributed by atoms with E-state index >= 15 is 0 Å². The van der Waals surface area contributed by atoms with E-state index in [0.29, 0.717) is 24.3 Å². The van der Waals surface area contributed by atoms with Crippen molar-refractivity contribution in [1.29, 1.82) is 0 Å². The predicted octanol–water partition coefficient (Wildman–Crippen LogP) is 4.39. The Bertz CT molecular complexity index is 1230. The second-order valence-electron chi connectivity index (χ2n) is 7.27. The van der Waals surface area contributed by atoms with Gasteiger partial charge < -0.3 is 10.1 Å². The molecule has 29 heavy (non-hydrogen) atoms. The summed E-state index contributed by atoms with van der Waals surface area (Å²) >= 11 is 0. The van der Waals surface area contributed by atoms with Crippen LogP contribution in [-0.4, -0.2) is 27.6 Å². The van der Waals surface area contributed by atoms with Crippen LogP contribution in [0.2, 0.25) is 0 Å². The van der Waals surface area contributed by atoms with Gasteiger partial charge in [-0.2, -0.15) is 5.10 Å². The molecule has 6 heteroatoms. The molecule has 0 fully saturated rings. The van der Waals surface area contributed by atoms with Crippen molar-refractivity contribution in [2.75, 3.05) is 12.4 Å². The van der Waals surface area contributed by atoms with Gasteiger partial charge in [-0.25, -0.2) is 9.50 Å². The third-order valence-electron chi connectivity index (χ3n) is 5.25. The minimum Gasteiger partial charge on any atom is -0.495 e. The maximum Gasteiger partial charge on any atom is 0.224 e. The van der Waals surface area contributed by atoms with Gasteiger partial charge in [0.05, 0.1) is 18.3 Å². The Morgan fingerprint density at radius 2 is 1.93 bits per heavy atom. The molecule has 1 amide bonds. The van der Waals surface area contributed by atoms with E-state index in [4.69, 9.17) is 9.72 Å². The summed E-state index contributed by atoms with van der Waals surface area (Å²) in [6.45, 7) is 6.01. The number of nitrogens with zero attached hydrogens (tertiary/aromatic N) is 3. The van der Waals surface area contributed by atoms with Crippen LogP contribution >= 0.6 is 0 Å². The van der Waals surface area contributed by atoms with Crippen LogP contribution in [-0.2, 0) is 11.2 Å². The molecule has 0 saturated carbocycles. The average molecular weight is 388 g/mol. The van der Waals surface area contributed by atoms with Gasteiger partial charge in [0.2, 0.25) is 5.91 Å². The van der Waals surface area contributed by atoms with Gasteiger partial charge in [-0.05, 0) is 62.6 Å². The van der Waals surface area contributed by atoms with E-state index in [1.165, 1.54) is 0 Å². The van der Waals surface area contributed by atoms with Crippen molar-refractivity contribution in [3.8, 4) is 5.75 Å². The highest BCUT2D eigenvalue weighted by atomic mass is 16.5. The molecular formula is C23H24N4O2. The summed E-state index contributed by atoms with van der Waals surface area (Å²) in [4.78, 5) is 17.4. The molecule has 0 aliphatic carbocycles. The van der Waals surface area contributed by atoms with Crippen LogP contribution in [0.4, 0.5) is 5.69 Å². The van der Waals surface area contributed by atoms with Crippen LogP contribution in [0.15, 0.2) is 42.5 Å². The molecule has 0 aliphatic heterocycles. The van der Waals surface area contributed by atoms with Crippen molar-refractivity contribution in [3.63, 3.8) is 0 Å². The summed E-state index contributed by atoms with van der Waals surface area (Å²) in [5, 5.41) is 8.68. The largest absolute Gasteiger partial charge is 0.495 e. The first-order chi connectivity index (χ1) is 14.0. The topological polar surface area (TPSA) is 68.5 Å². The number of aromatic nitrogens is 3. The zero-order chi connectivity index (χ0) is 20.5. The number of rotatable bonds is 5. The van der Waals surface area contributed by atoms with Crippen LogP contribution in [0.1, 0.15) is 28.9 Å². The lowest BCUT2D eigenvalue weighted by Crippen LogP contribution is -2.15. The smallest absolute Gasteiger partial charge is 0.224 e. The number of amides is 1. The Labute approximate surface area is 169 Å². The predicted molar refractivity (Wildman–Crippen MR) is 115 cm³/mol. The van der Waals surface area contributed by atoms with Gasteiger partial charge in [-0.15, -0.1) is 0 Å². The number of hydrogen-bond donors (Lipinski definition) is 1. The monoisotopic (exact) mass is 388 g/mol. The van der Waals surface area contributed by atoms with Crippen LogP contribution in [0.25, 0.3) is 16.6 Å². The van der Waals surface area contributed by atoms with Crippen molar-refractivity contribution < 1.29 is 9.53 Å². The molecule has 2 aromatic heterocycles. The molecule has 0 unspecified atom stereocenters. The summed E-state index contributed by atoms with van der Waals surface area (Å²) in [7, 11) is 1.60. The summed E-state index contributed by atoms with van der Waals surface area (Å²) < 4.78 is 7.23. The van der Waals surface area contributed by atoms with Gasteiger partial charge in [0.1, 0.15) is 5.75 Å². The zero-order valence-electron chi connectivity index (χ0n) is 17.1. The van der Waals surface area contributed by atoms with E-state index < -0.39 is 0 Å². The molecule has 1 N–H and O–H groups in total. The van der Waals surface area contributed by atoms with E-state index in [1.54, 1.807) is 7.11 Å². The molecule has 6 nitrogen and oxygen atoms in total. The summed E-state index contributed by atoms with van der Waals surface area (Å²) in [6, 6.07) is 13.7. The Hall–Kier alpha value is -3.41. The second kappa shape index (κ2) is 7.54. The normalized spacial score (nSPS) is 11.2. The lowest BCUT2D eigenvalue weighted by atomic mass is 10.1. The van der Waals surface area contributed by atoms with Crippen LogP contribution in [0.5, 0.6) is 5.75 Å². The molecule has 0 radical (unpaired) electrons. The zero-order valence-corrected chi connectivity index (χ0v) is 17.1. The number of aryl methyl sites for hydroxylation is 3. The second-order valence-corrected chi connectivity index (χ2v) is 7.27. The SMILES string of the molecule is COc1ccc(C)cc1NC(=O)CCc1c(C)nc2c3ccccc3nn2c1C. The Morgan fingerprint density at radius 3 is 2.72 bits per heavy atom. The Balaban J connectivity index is 1.57. The van der Waals surface area contributed by atoms with Crippen molar-refractivity contribution >= 4 is 28.1 Å². The van der Waals surface area contributed by atoms with Crippen molar-refractivity contribution in [2.45, 2.75) is 33.6 Å². The molecule has 4 rings (SSSR count). The average Bonchev–Trinajstić information content (AvgIpc) is 3.07. The first kappa shape index (κ1) is 18.9.